The van der Waals surface area contributed by atoms with Crippen LogP contribution in [0.1, 0.15) is 47.6 Å². The molecule has 42 heavy (non-hydrogen) atoms. The molecule has 2 aromatic carbocycles. The molecule has 0 radical (unpaired) electrons. The van der Waals surface area contributed by atoms with Crippen molar-refractivity contribution in [3.05, 3.63) is 89.3 Å². The molecule has 4 aromatic rings. The SMILES string of the molecule is C#CCCC1(CCOc2cnc3c(c2)c(/C=C/C2NCCc4cc(OCc5ccccc5)c(OC)cc42)cn3C)NN1. The first-order valence-corrected chi connectivity index (χ1v) is 14.4. The van der Waals surface area contributed by atoms with E-state index in [2.05, 4.69) is 75.8 Å². The highest BCUT2D eigenvalue weighted by Crippen LogP contribution is 2.37. The Morgan fingerprint density at radius 2 is 1.98 bits per heavy atom. The molecule has 0 saturated carbocycles. The largest absolute Gasteiger partial charge is 0.493 e. The first-order chi connectivity index (χ1) is 20.6. The van der Waals surface area contributed by atoms with Crippen LogP contribution in [0.25, 0.3) is 17.1 Å². The number of aryl methyl sites for hydroxylation is 1. The Bertz CT molecular complexity index is 1620. The zero-order valence-corrected chi connectivity index (χ0v) is 24.2. The second-order valence-electron chi connectivity index (χ2n) is 10.9. The van der Waals surface area contributed by atoms with Gasteiger partial charge in [0, 0.05) is 43.6 Å². The predicted molar refractivity (Wildman–Crippen MR) is 165 cm³/mol. The van der Waals surface area contributed by atoms with Gasteiger partial charge in [-0.25, -0.2) is 15.8 Å². The van der Waals surface area contributed by atoms with Crippen LogP contribution in [0, 0.1) is 12.3 Å². The molecule has 0 bridgehead atoms. The van der Waals surface area contributed by atoms with Gasteiger partial charge in [-0.05, 0) is 47.7 Å². The molecule has 8 heteroatoms. The number of nitrogens with zero attached hydrogens (tertiary/aromatic N) is 2. The number of nitrogens with one attached hydrogen (secondary N) is 3. The maximum absolute atomic E-state index is 6.17. The van der Waals surface area contributed by atoms with Crippen LogP contribution in [0.15, 0.2) is 67.0 Å². The number of hydrazine groups is 1. The van der Waals surface area contributed by atoms with Crippen molar-refractivity contribution in [3.63, 3.8) is 0 Å². The number of methoxy groups -OCH3 is 1. The molecular weight excluding hydrogens is 526 g/mol. The van der Waals surface area contributed by atoms with Crippen molar-refractivity contribution >= 4 is 17.1 Å². The molecule has 2 aliphatic heterocycles. The molecular formula is C34H37N5O3. The highest BCUT2D eigenvalue weighted by molar-refractivity contribution is 5.88. The van der Waals surface area contributed by atoms with E-state index in [1.54, 1.807) is 13.3 Å². The molecule has 4 heterocycles. The number of fused-ring (bicyclic) bond motifs is 2. The Kier molecular flexibility index (Phi) is 8.15. The Balaban J connectivity index is 1.18. The number of ether oxygens (including phenoxy) is 3. The van der Waals surface area contributed by atoms with Crippen LogP contribution in [0.4, 0.5) is 0 Å². The minimum atomic E-state index is -0.106. The Morgan fingerprint density at radius 3 is 2.76 bits per heavy atom. The van der Waals surface area contributed by atoms with Gasteiger partial charge in [-0.15, -0.1) is 12.3 Å². The average Bonchev–Trinajstić information content (AvgIpc) is 3.73. The number of rotatable bonds is 12. The number of terminal acetylenes is 1. The molecule has 1 unspecified atom stereocenters. The summed E-state index contributed by atoms with van der Waals surface area (Å²) >= 11 is 0. The minimum Gasteiger partial charge on any atom is -0.493 e. The van der Waals surface area contributed by atoms with E-state index in [0.717, 1.165) is 71.6 Å². The lowest BCUT2D eigenvalue weighted by Gasteiger charge is -2.26. The summed E-state index contributed by atoms with van der Waals surface area (Å²) in [7, 11) is 3.71. The standard InChI is InChI=1S/C34H37N5O3/c1-4-5-14-34(37-38-34)15-17-41-27-19-29-26(22-39(2)33(29)36-21-27)11-12-30-28-20-31(40-3)32(18-25(28)13-16-35-30)42-23-24-9-7-6-8-10-24/h1,6-12,18-22,30,35,37-38H,5,13-17,23H2,2-3H3/b12-11+. The van der Waals surface area contributed by atoms with E-state index in [0.29, 0.717) is 13.2 Å². The number of hydrogen-bond donors (Lipinski definition) is 3. The van der Waals surface area contributed by atoms with Crippen LogP contribution in [0.5, 0.6) is 17.2 Å². The molecule has 1 atom stereocenters. The monoisotopic (exact) mass is 563 g/mol. The van der Waals surface area contributed by atoms with Gasteiger partial charge in [-0.3, -0.25) is 0 Å². The van der Waals surface area contributed by atoms with Crippen LogP contribution in [-0.2, 0) is 20.1 Å². The molecule has 0 amide bonds. The van der Waals surface area contributed by atoms with Gasteiger partial charge in [0.25, 0.3) is 0 Å². The van der Waals surface area contributed by atoms with Crippen LogP contribution in [0.3, 0.4) is 0 Å². The smallest absolute Gasteiger partial charge is 0.161 e. The number of benzene rings is 2. The maximum Gasteiger partial charge on any atom is 0.161 e. The van der Waals surface area contributed by atoms with E-state index in [9.17, 15) is 0 Å². The Hall–Kier alpha value is -4.29. The summed E-state index contributed by atoms with van der Waals surface area (Å²) < 4.78 is 20.1. The summed E-state index contributed by atoms with van der Waals surface area (Å²) in [5, 5.41) is 4.70. The van der Waals surface area contributed by atoms with Gasteiger partial charge in [-0.2, -0.15) is 0 Å². The molecule has 216 valence electrons. The quantitative estimate of drug-likeness (QED) is 0.164. The Labute approximate surface area is 247 Å². The first kappa shape index (κ1) is 27.9. The highest BCUT2D eigenvalue weighted by atomic mass is 16.5. The fourth-order valence-electron chi connectivity index (χ4n) is 5.55. The summed E-state index contributed by atoms with van der Waals surface area (Å²) in [5.41, 5.74) is 11.9. The lowest BCUT2D eigenvalue weighted by atomic mass is 9.93. The second kappa shape index (κ2) is 12.3. The molecule has 1 saturated heterocycles. The van der Waals surface area contributed by atoms with Crippen molar-refractivity contribution in [2.45, 2.75) is 44.0 Å². The van der Waals surface area contributed by atoms with Crippen molar-refractivity contribution in [3.8, 4) is 29.6 Å². The summed E-state index contributed by atoms with van der Waals surface area (Å²) in [6.45, 7) is 1.95. The fraction of sp³-hybridized carbons (Fsp3) is 0.324. The minimum absolute atomic E-state index is 0.0474. The second-order valence-corrected chi connectivity index (χ2v) is 10.9. The van der Waals surface area contributed by atoms with Gasteiger partial charge in [0.05, 0.1) is 31.6 Å². The number of hydrogen-bond acceptors (Lipinski definition) is 7. The zero-order chi connectivity index (χ0) is 28.9. The fourth-order valence-corrected chi connectivity index (χ4v) is 5.55. The highest BCUT2D eigenvalue weighted by Gasteiger charge is 2.40. The van der Waals surface area contributed by atoms with Crippen LogP contribution in [0.2, 0.25) is 0 Å². The molecule has 6 rings (SSSR count). The van der Waals surface area contributed by atoms with Crippen molar-refractivity contribution < 1.29 is 14.2 Å². The molecule has 2 aliphatic rings. The van der Waals surface area contributed by atoms with Crippen molar-refractivity contribution in [1.29, 1.82) is 0 Å². The predicted octanol–water partition coefficient (Wildman–Crippen LogP) is 5.05. The molecule has 0 spiro atoms. The van der Waals surface area contributed by atoms with E-state index in [-0.39, 0.29) is 11.7 Å². The van der Waals surface area contributed by atoms with Gasteiger partial charge in [-0.1, -0.05) is 42.5 Å². The van der Waals surface area contributed by atoms with Gasteiger partial charge in [0.1, 0.15) is 18.0 Å². The summed E-state index contributed by atoms with van der Waals surface area (Å²) in [4.78, 5) is 4.68. The maximum atomic E-state index is 6.17. The lowest BCUT2D eigenvalue weighted by Crippen LogP contribution is -2.28. The van der Waals surface area contributed by atoms with Gasteiger partial charge < -0.3 is 24.1 Å². The van der Waals surface area contributed by atoms with Crippen LogP contribution >= 0.6 is 0 Å². The molecule has 2 aromatic heterocycles. The molecule has 1 fully saturated rings. The van der Waals surface area contributed by atoms with E-state index in [1.165, 1.54) is 11.1 Å². The average molecular weight is 564 g/mol. The topological polar surface area (TPSA) is 101 Å². The van der Waals surface area contributed by atoms with Crippen molar-refractivity contribution in [2.75, 3.05) is 20.3 Å². The van der Waals surface area contributed by atoms with Crippen LogP contribution < -0.4 is 30.4 Å². The number of aromatic nitrogens is 2. The van der Waals surface area contributed by atoms with Gasteiger partial charge in [0.15, 0.2) is 11.5 Å². The third-order valence-electron chi connectivity index (χ3n) is 8.02. The lowest BCUT2D eigenvalue weighted by molar-refractivity contribution is 0.283. The number of pyridine rings is 1. The van der Waals surface area contributed by atoms with E-state index in [4.69, 9.17) is 20.6 Å². The molecule has 0 aliphatic carbocycles. The van der Waals surface area contributed by atoms with Crippen LogP contribution in [-0.4, -0.2) is 35.5 Å². The van der Waals surface area contributed by atoms with Crippen molar-refractivity contribution in [1.82, 2.24) is 25.7 Å². The normalized spacial score (nSPS) is 17.1. The molecule has 3 N–H and O–H groups in total. The summed E-state index contributed by atoms with van der Waals surface area (Å²) in [6.07, 6.45) is 17.1. The van der Waals surface area contributed by atoms with Gasteiger partial charge >= 0.3 is 0 Å². The van der Waals surface area contributed by atoms with E-state index >= 15 is 0 Å². The van der Waals surface area contributed by atoms with Crippen molar-refractivity contribution in [2.24, 2.45) is 7.05 Å². The zero-order valence-electron chi connectivity index (χ0n) is 24.2. The first-order valence-electron chi connectivity index (χ1n) is 14.4. The Morgan fingerprint density at radius 1 is 1.12 bits per heavy atom. The van der Waals surface area contributed by atoms with E-state index in [1.807, 2.05) is 29.8 Å². The van der Waals surface area contributed by atoms with E-state index < -0.39 is 0 Å². The third-order valence-corrected chi connectivity index (χ3v) is 8.02. The van der Waals surface area contributed by atoms with Gasteiger partial charge in [0.2, 0.25) is 0 Å². The molecule has 8 nitrogen and oxygen atoms in total. The summed E-state index contributed by atoms with van der Waals surface area (Å²) in [5.74, 6) is 4.97. The summed E-state index contributed by atoms with van der Waals surface area (Å²) in [6, 6.07) is 16.5. The third kappa shape index (κ3) is 6.14.